The highest BCUT2D eigenvalue weighted by Gasteiger charge is 2.36. The van der Waals surface area contributed by atoms with Gasteiger partial charge >= 0.3 is 5.97 Å². The number of esters is 1. The van der Waals surface area contributed by atoms with Gasteiger partial charge in [0, 0.05) is 30.3 Å². The van der Waals surface area contributed by atoms with Crippen molar-refractivity contribution in [3.8, 4) is 0 Å². The average molecular weight is 446 g/mol. The van der Waals surface area contributed by atoms with Crippen LogP contribution in [0.25, 0.3) is 0 Å². The van der Waals surface area contributed by atoms with Crippen LogP contribution >= 0.6 is 11.6 Å². The van der Waals surface area contributed by atoms with E-state index < -0.39 is 11.9 Å². The lowest BCUT2D eigenvalue weighted by Crippen LogP contribution is -2.24. The van der Waals surface area contributed by atoms with Crippen LogP contribution in [0.5, 0.6) is 0 Å². The minimum absolute atomic E-state index is 0.0415. The van der Waals surface area contributed by atoms with Crippen molar-refractivity contribution in [2.75, 3.05) is 6.61 Å². The summed E-state index contributed by atoms with van der Waals surface area (Å²) >= 11 is 6.20. The van der Waals surface area contributed by atoms with Crippen LogP contribution in [-0.4, -0.2) is 33.1 Å². The summed E-state index contributed by atoms with van der Waals surface area (Å²) in [7, 11) is 0. The third-order valence-electron chi connectivity index (χ3n) is 5.73. The van der Waals surface area contributed by atoms with E-state index in [1.807, 2.05) is 25.1 Å². The zero-order valence-electron chi connectivity index (χ0n) is 18.9. The Balaban J connectivity index is 1.85. The summed E-state index contributed by atoms with van der Waals surface area (Å²) in [6, 6.07) is 5.86. The van der Waals surface area contributed by atoms with E-state index in [1.165, 1.54) is 0 Å². The lowest BCUT2D eigenvalue weighted by atomic mass is 9.95. The minimum atomic E-state index is -0.743. The summed E-state index contributed by atoms with van der Waals surface area (Å²) < 4.78 is 7.42. The van der Waals surface area contributed by atoms with E-state index in [4.69, 9.17) is 16.3 Å². The summed E-state index contributed by atoms with van der Waals surface area (Å²) in [5, 5.41) is 9.43. The van der Waals surface area contributed by atoms with Gasteiger partial charge < -0.3 is 9.30 Å². The number of hydrogen-bond acceptors (Lipinski definition) is 5. The topological polar surface area (TPSA) is 74.1 Å². The van der Waals surface area contributed by atoms with Crippen LogP contribution < -0.4 is 0 Å². The van der Waals surface area contributed by atoms with Crippen molar-refractivity contribution in [2.45, 2.75) is 78.2 Å². The number of carbonyl (C=O) groups excluding carboxylic acids is 2. The first-order chi connectivity index (χ1) is 14.8. The second kappa shape index (κ2) is 10.4. The number of rotatable bonds is 11. The second-order valence-corrected chi connectivity index (χ2v) is 9.16. The molecule has 1 aromatic carbocycles. The van der Waals surface area contributed by atoms with Gasteiger partial charge in [0.05, 0.1) is 6.61 Å². The Labute approximate surface area is 189 Å². The number of ketones is 1. The molecule has 0 radical (unpaired) electrons. The largest absolute Gasteiger partial charge is 0.465 e. The molecular weight excluding hydrogens is 414 g/mol. The van der Waals surface area contributed by atoms with E-state index in [-0.39, 0.29) is 25.2 Å². The van der Waals surface area contributed by atoms with Gasteiger partial charge in [-0.05, 0) is 56.2 Å². The maximum absolute atomic E-state index is 13.0. The number of hydrogen-bond donors (Lipinski definition) is 0. The van der Waals surface area contributed by atoms with Gasteiger partial charge in [0.15, 0.2) is 0 Å². The van der Waals surface area contributed by atoms with E-state index in [0.717, 1.165) is 42.6 Å². The second-order valence-electron chi connectivity index (χ2n) is 8.76. The van der Waals surface area contributed by atoms with Gasteiger partial charge in [0.25, 0.3) is 0 Å². The SMILES string of the molecule is CCOC(=O)C(CC(=O)Cc1cccc(Cl)c1C)c1nnc(CCC(C)C)n1C1CC1. The van der Waals surface area contributed by atoms with Gasteiger partial charge in [-0.3, -0.25) is 9.59 Å². The van der Waals surface area contributed by atoms with Gasteiger partial charge in [-0.1, -0.05) is 37.6 Å². The normalized spacial score (nSPS) is 14.6. The molecule has 1 aliphatic carbocycles. The van der Waals surface area contributed by atoms with Crippen molar-refractivity contribution in [1.29, 1.82) is 0 Å². The van der Waals surface area contributed by atoms with E-state index in [1.54, 1.807) is 6.92 Å². The fourth-order valence-electron chi connectivity index (χ4n) is 3.77. The van der Waals surface area contributed by atoms with Crippen molar-refractivity contribution >= 4 is 23.4 Å². The molecule has 0 aliphatic heterocycles. The van der Waals surface area contributed by atoms with E-state index in [9.17, 15) is 9.59 Å². The molecule has 0 saturated heterocycles. The molecule has 6 nitrogen and oxygen atoms in total. The summed E-state index contributed by atoms with van der Waals surface area (Å²) in [6.45, 7) is 8.28. The fraction of sp³-hybridized carbons (Fsp3) is 0.583. The fourth-order valence-corrected chi connectivity index (χ4v) is 3.97. The Morgan fingerprint density at radius 1 is 1.26 bits per heavy atom. The number of benzene rings is 1. The number of Topliss-reactive ketones (excluding diaryl/α,β-unsaturated/α-hetero) is 1. The zero-order valence-corrected chi connectivity index (χ0v) is 19.6. The first-order valence-electron chi connectivity index (χ1n) is 11.2. The highest BCUT2D eigenvalue weighted by molar-refractivity contribution is 6.31. The molecule has 1 atom stereocenters. The Hall–Kier alpha value is -2.21. The van der Waals surface area contributed by atoms with Crippen LogP contribution in [0, 0.1) is 12.8 Å². The molecule has 1 fully saturated rings. The monoisotopic (exact) mass is 445 g/mol. The van der Waals surface area contributed by atoms with E-state index in [0.29, 0.717) is 22.8 Å². The van der Waals surface area contributed by atoms with Crippen molar-refractivity contribution in [2.24, 2.45) is 5.92 Å². The maximum Gasteiger partial charge on any atom is 0.317 e. The number of carbonyl (C=O) groups is 2. The van der Waals surface area contributed by atoms with Crippen LogP contribution in [0.2, 0.25) is 5.02 Å². The average Bonchev–Trinajstić information content (AvgIpc) is 3.47. The summed E-state index contributed by atoms with van der Waals surface area (Å²) in [4.78, 5) is 25.8. The molecule has 1 aliphatic rings. The zero-order chi connectivity index (χ0) is 22.5. The summed E-state index contributed by atoms with van der Waals surface area (Å²) in [5.74, 6) is 0.819. The molecule has 7 heteroatoms. The first kappa shape index (κ1) is 23.5. The van der Waals surface area contributed by atoms with Gasteiger partial charge in [-0.25, -0.2) is 0 Å². The Morgan fingerprint density at radius 3 is 2.65 bits per heavy atom. The van der Waals surface area contributed by atoms with Gasteiger partial charge in [0.2, 0.25) is 0 Å². The lowest BCUT2D eigenvalue weighted by molar-refractivity contribution is -0.146. The Morgan fingerprint density at radius 2 is 2.00 bits per heavy atom. The number of nitrogens with zero attached hydrogens (tertiary/aromatic N) is 3. The Kier molecular flexibility index (Phi) is 7.87. The number of ether oxygens (including phenoxy) is 1. The number of halogens is 1. The highest BCUT2D eigenvalue weighted by atomic mass is 35.5. The van der Waals surface area contributed by atoms with E-state index >= 15 is 0 Å². The standard InChI is InChI=1S/C24H32ClN3O3/c1-5-31-24(30)20(14-19(29)13-17-7-6-8-21(25)16(17)4)23-27-26-22(12-9-15(2)3)28(23)18-10-11-18/h6-8,15,18,20H,5,9-14H2,1-4H3. The van der Waals surface area contributed by atoms with Crippen molar-refractivity contribution in [3.05, 3.63) is 46.0 Å². The molecular formula is C24H32ClN3O3. The lowest BCUT2D eigenvalue weighted by Gasteiger charge is -2.17. The number of aromatic nitrogens is 3. The summed E-state index contributed by atoms with van der Waals surface area (Å²) in [5.41, 5.74) is 1.77. The molecule has 1 saturated carbocycles. The molecule has 1 unspecified atom stereocenters. The minimum Gasteiger partial charge on any atom is -0.465 e. The molecule has 1 heterocycles. The van der Waals surface area contributed by atoms with Crippen LogP contribution in [0.3, 0.4) is 0 Å². The van der Waals surface area contributed by atoms with E-state index in [2.05, 4.69) is 28.6 Å². The van der Waals surface area contributed by atoms with Gasteiger partial charge in [-0.15, -0.1) is 10.2 Å². The molecule has 168 valence electrons. The van der Waals surface area contributed by atoms with Crippen LogP contribution in [0.15, 0.2) is 18.2 Å². The highest BCUT2D eigenvalue weighted by Crippen LogP contribution is 2.39. The van der Waals surface area contributed by atoms with Crippen LogP contribution in [-0.2, 0) is 27.2 Å². The molecule has 2 aromatic rings. The molecule has 0 spiro atoms. The predicted molar refractivity (Wildman–Crippen MR) is 120 cm³/mol. The van der Waals surface area contributed by atoms with Crippen molar-refractivity contribution in [3.63, 3.8) is 0 Å². The van der Waals surface area contributed by atoms with Crippen molar-refractivity contribution in [1.82, 2.24) is 14.8 Å². The van der Waals surface area contributed by atoms with Gasteiger partial charge in [-0.2, -0.15) is 0 Å². The Bertz CT molecular complexity index is 934. The third-order valence-corrected chi connectivity index (χ3v) is 6.14. The molecule has 3 rings (SSSR count). The molecule has 31 heavy (non-hydrogen) atoms. The summed E-state index contributed by atoms with van der Waals surface area (Å²) in [6.07, 6.45) is 4.17. The molecule has 0 bridgehead atoms. The molecule has 1 aromatic heterocycles. The predicted octanol–water partition coefficient (Wildman–Crippen LogP) is 5.01. The smallest absolute Gasteiger partial charge is 0.317 e. The molecule has 0 N–H and O–H groups in total. The third kappa shape index (κ3) is 5.94. The van der Waals surface area contributed by atoms with Crippen LogP contribution in [0.1, 0.15) is 81.2 Å². The van der Waals surface area contributed by atoms with Crippen LogP contribution in [0.4, 0.5) is 0 Å². The van der Waals surface area contributed by atoms with Crippen molar-refractivity contribution < 1.29 is 14.3 Å². The quantitative estimate of drug-likeness (QED) is 0.454. The van der Waals surface area contributed by atoms with Gasteiger partial charge in [0.1, 0.15) is 23.3 Å². The molecule has 0 amide bonds. The number of aryl methyl sites for hydroxylation is 1. The first-order valence-corrected chi connectivity index (χ1v) is 11.6. The maximum atomic E-state index is 13.0.